The standard InChI is InChI=1S/C13H20N2O/c14-9-8-13(7-3-4-10-15-13)11-5-1-2-6-12(11)16/h1-2,5-6,15-16H,3-4,7-10,14H2. The molecular formula is C13H20N2O. The lowest BCUT2D eigenvalue weighted by molar-refractivity contribution is 0.236. The molecule has 1 aromatic rings. The molecule has 0 amide bonds. The smallest absolute Gasteiger partial charge is 0.120 e. The van der Waals surface area contributed by atoms with E-state index in [2.05, 4.69) is 5.32 Å². The maximum absolute atomic E-state index is 9.97. The monoisotopic (exact) mass is 220 g/mol. The third kappa shape index (κ3) is 2.06. The largest absolute Gasteiger partial charge is 0.508 e. The molecule has 1 unspecified atom stereocenters. The molecule has 1 aromatic carbocycles. The van der Waals surface area contributed by atoms with Gasteiger partial charge in [-0.3, -0.25) is 0 Å². The number of aromatic hydroxyl groups is 1. The van der Waals surface area contributed by atoms with E-state index in [0.29, 0.717) is 12.3 Å². The van der Waals surface area contributed by atoms with Crippen LogP contribution >= 0.6 is 0 Å². The number of rotatable bonds is 3. The lowest BCUT2D eigenvalue weighted by Crippen LogP contribution is -2.47. The highest BCUT2D eigenvalue weighted by atomic mass is 16.3. The Morgan fingerprint density at radius 2 is 2.12 bits per heavy atom. The second-order valence-corrected chi connectivity index (χ2v) is 4.52. The summed E-state index contributed by atoms with van der Waals surface area (Å²) in [7, 11) is 0. The molecule has 0 aromatic heterocycles. The van der Waals surface area contributed by atoms with Gasteiger partial charge in [-0.2, -0.15) is 0 Å². The molecular weight excluding hydrogens is 200 g/mol. The van der Waals surface area contributed by atoms with Gasteiger partial charge in [-0.05, 0) is 38.4 Å². The summed E-state index contributed by atoms with van der Waals surface area (Å²) in [6.07, 6.45) is 4.34. The Balaban J connectivity index is 2.34. The Hall–Kier alpha value is -1.06. The Labute approximate surface area is 96.7 Å². The summed E-state index contributed by atoms with van der Waals surface area (Å²) in [5.41, 5.74) is 6.60. The summed E-state index contributed by atoms with van der Waals surface area (Å²) in [5.74, 6) is 0.380. The highest BCUT2D eigenvalue weighted by molar-refractivity contribution is 5.38. The molecule has 4 N–H and O–H groups in total. The van der Waals surface area contributed by atoms with Gasteiger partial charge in [0.25, 0.3) is 0 Å². The highest BCUT2D eigenvalue weighted by Gasteiger charge is 2.34. The van der Waals surface area contributed by atoms with E-state index in [4.69, 9.17) is 5.73 Å². The van der Waals surface area contributed by atoms with Gasteiger partial charge in [0.05, 0.1) is 0 Å². The van der Waals surface area contributed by atoms with E-state index in [-0.39, 0.29) is 5.54 Å². The number of hydrogen-bond acceptors (Lipinski definition) is 3. The minimum atomic E-state index is -0.113. The van der Waals surface area contributed by atoms with Crippen LogP contribution in [0.5, 0.6) is 5.75 Å². The molecule has 1 saturated heterocycles. The fourth-order valence-corrected chi connectivity index (χ4v) is 2.67. The van der Waals surface area contributed by atoms with Crippen molar-refractivity contribution in [1.29, 1.82) is 0 Å². The van der Waals surface area contributed by atoms with Gasteiger partial charge in [-0.1, -0.05) is 24.6 Å². The van der Waals surface area contributed by atoms with E-state index in [1.807, 2.05) is 18.2 Å². The van der Waals surface area contributed by atoms with Crippen LogP contribution in [0, 0.1) is 0 Å². The van der Waals surface area contributed by atoms with E-state index in [1.54, 1.807) is 6.07 Å². The minimum Gasteiger partial charge on any atom is -0.508 e. The number of phenolic OH excluding ortho intramolecular Hbond substituents is 1. The van der Waals surface area contributed by atoms with Crippen LogP contribution in [-0.4, -0.2) is 18.2 Å². The zero-order chi connectivity index (χ0) is 11.4. The third-order valence-corrected chi connectivity index (χ3v) is 3.48. The summed E-state index contributed by atoms with van der Waals surface area (Å²) in [6.45, 7) is 1.65. The predicted molar refractivity (Wildman–Crippen MR) is 65.3 cm³/mol. The van der Waals surface area contributed by atoms with Gasteiger partial charge in [0.1, 0.15) is 5.75 Å². The number of hydrogen-bond donors (Lipinski definition) is 3. The van der Waals surface area contributed by atoms with Gasteiger partial charge in [-0.25, -0.2) is 0 Å². The molecule has 1 aliphatic heterocycles. The van der Waals surface area contributed by atoms with Crippen LogP contribution < -0.4 is 11.1 Å². The van der Waals surface area contributed by atoms with Gasteiger partial charge in [-0.15, -0.1) is 0 Å². The quantitative estimate of drug-likeness (QED) is 0.727. The van der Waals surface area contributed by atoms with Crippen LogP contribution in [0.15, 0.2) is 24.3 Å². The minimum absolute atomic E-state index is 0.113. The first-order valence-corrected chi connectivity index (χ1v) is 6.02. The van der Waals surface area contributed by atoms with Crippen molar-refractivity contribution in [3.8, 4) is 5.75 Å². The topological polar surface area (TPSA) is 58.3 Å². The summed E-state index contributed by atoms with van der Waals surface area (Å²) in [5, 5.41) is 13.5. The molecule has 2 rings (SSSR count). The Morgan fingerprint density at radius 3 is 2.75 bits per heavy atom. The molecule has 3 nitrogen and oxygen atoms in total. The molecule has 0 radical (unpaired) electrons. The average Bonchev–Trinajstić information content (AvgIpc) is 2.31. The van der Waals surface area contributed by atoms with Crippen molar-refractivity contribution in [2.75, 3.05) is 13.1 Å². The molecule has 88 valence electrons. The first-order valence-electron chi connectivity index (χ1n) is 6.02. The Bertz CT molecular complexity index is 340. The molecule has 1 fully saturated rings. The van der Waals surface area contributed by atoms with Gasteiger partial charge in [0.2, 0.25) is 0 Å². The summed E-state index contributed by atoms with van der Waals surface area (Å²) >= 11 is 0. The van der Waals surface area contributed by atoms with Gasteiger partial charge in [0.15, 0.2) is 0 Å². The lowest BCUT2D eigenvalue weighted by atomic mass is 9.79. The first-order chi connectivity index (χ1) is 7.78. The van der Waals surface area contributed by atoms with Crippen molar-refractivity contribution < 1.29 is 5.11 Å². The fourth-order valence-electron chi connectivity index (χ4n) is 2.67. The highest BCUT2D eigenvalue weighted by Crippen LogP contribution is 2.37. The zero-order valence-corrected chi connectivity index (χ0v) is 9.58. The van der Waals surface area contributed by atoms with E-state index >= 15 is 0 Å². The number of nitrogens with two attached hydrogens (primary N) is 1. The summed E-state index contributed by atoms with van der Waals surface area (Å²) < 4.78 is 0. The fraction of sp³-hybridized carbons (Fsp3) is 0.538. The van der Waals surface area contributed by atoms with E-state index in [0.717, 1.165) is 24.9 Å². The number of piperidine rings is 1. The zero-order valence-electron chi connectivity index (χ0n) is 9.58. The van der Waals surface area contributed by atoms with Crippen molar-refractivity contribution in [1.82, 2.24) is 5.32 Å². The second-order valence-electron chi connectivity index (χ2n) is 4.52. The maximum Gasteiger partial charge on any atom is 0.120 e. The number of para-hydroxylation sites is 1. The van der Waals surface area contributed by atoms with E-state index in [9.17, 15) is 5.11 Å². The van der Waals surface area contributed by atoms with Crippen LogP contribution in [0.25, 0.3) is 0 Å². The van der Waals surface area contributed by atoms with Crippen LogP contribution in [0.3, 0.4) is 0 Å². The summed E-state index contributed by atoms with van der Waals surface area (Å²) in [6, 6.07) is 7.59. The Morgan fingerprint density at radius 1 is 1.31 bits per heavy atom. The molecule has 1 atom stereocenters. The molecule has 16 heavy (non-hydrogen) atoms. The average molecular weight is 220 g/mol. The number of phenols is 1. The Kier molecular flexibility index (Phi) is 3.46. The number of nitrogens with one attached hydrogen (secondary N) is 1. The SMILES string of the molecule is NCCC1(c2ccccc2O)CCCCN1. The predicted octanol–water partition coefficient (Wildman–Crippen LogP) is 1.71. The molecule has 0 aliphatic carbocycles. The molecule has 1 aliphatic rings. The number of benzene rings is 1. The van der Waals surface area contributed by atoms with Crippen molar-refractivity contribution >= 4 is 0 Å². The second kappa shape index (κ2) is 4.85. The summed E-state index contributed by atoms with van der Waals surface area (Å²) in [4.78, 5) is 0. The molecule has 3 heteroatoms. The van der Waals surface area contributed by atoms with Crippen LogP contribution in [0.1, 0.15) is 31.2 Å². The van der Waals surface area contributed by atoms with E-state index < -0.39 is 0 Å². The van der Waals surface area contributed by atoms with Gasteiger partial charge in [0, 0.05) is 11.1 Å². The molecule has 0 bridgehead atoms. The molecule has 0 saturated carbocycles. The maximum atomic E-state index is 9.97. The van der Waals surface area contributed by atoms with Crippen LogP contribution in [0.2, 0.25) is 0 Å². The van der Waals surface area contributed by atoms with Crippen LogP contribution in [-0.2, 0) is 5.54 Å². The van der Waals surface area contributed by atoms with Crippen molar-refractivity contribution in [2.45, 2.75) is 31.2 Å². The van der Waals surface area contributed by atoms with Crippen molar-refractivity contribution in [2.24, 2.45) is 5.73 Å². The normalized spacial score (nSPS) is 25.6. The van der Waals surface area contributed by atoms with Crippen molar-refractivity contribution in [3.05, 3.63) is 29.8 Å². The first kappa shape index (κ1) is 11.4. The van der Waals surface area contributed by atoms with Gasteiger partial charge < -0.3 is 16.2 Å². The third-order valence-electron chi connectivity index (χ3n) is 3.48. The molecule has 1 heterocycles. The van der Waals surface area contributed by atoms with Crippen LogP contribution in [0.4, 0.5) is 0 Å². The van der Waals surface area contributed by atoms with Gasteiger partial charge >= 0.3 is 0 Å². The van der Waals surface area contributed by atoms with Crippen molar-refractivity contribution in [3.63, 3.8) is 0 Å². The molecule has 0 spiro atoms. The van der Waals surface area contributed by atoms with E-state index in [1.165, 1.54) is 12.8 Å². The lowest BCUT2D eigenvalue weighted by Gasteiger charge is -2.39.